The number of amides is 3. The summed E-state index contributed by atoms with van der Waals surface area (Å²) in [6.07, 6.45) is 0.717. The van der Waals surface area contributed by atoms with Gasteiger partial charge in [0.15, 0.2) is 6.61 Å². The monoisotopic (exact) mass is 421 g/mol. The van der Waals surface area contributed by atoms with Crippen LogP contribution in [-0.2, 0) is 9.53 Å². The lowest BCUT2D eigenvalue weighted by atomic mass is 10.0. The molecular weight excluding hydrogens is 398 g/mol. The van der Waals surface area contributed by atoms with Gasteiger partial charge in [-0.1, -0.05) is 25.1 Å². The fourth-order valence-electron chi connectivity index (χ4n) is 2.86. The summed E-state index contributed by atoms with van der Waals surface area (Å²) in [6, 6.07) is 14.3. The van der Waals surface area contributed by atoms with Crippen molar-refractivity contribution in [2.45, 2.75) is 26.3 Å². The lowest BCUT2D eigenvalue weighted by Gasteiger charge is -2.12. The smallest absolute Gasteiger partial charge is 0.339 e. The molecule has 3 N–H and O–H groups in total. The van der Waals surface area contributed by atoms with Crippen molar-refractivity contribution in [3.05, 3.63) is 60.2 Å². The highest BCUT2D eigenvalue weighted by molar-refractivity contribution is 6.05. The third kappa shape index (κ3) is 5.57. The van der Waals surface area contributed by atoms with Gasteiger partial charge in [0, 0.05) is 17.0 Å². The van der Waals surface area contributed by atoms with E-state index in [1.165, 1.54) is 12.1 Å². The normalized spacial score (nSPS) is 11.5. The molecule has 0 aliphatic rings. The zero-order chi connectivity index (χ0) is 22.4. The first kappa shape index (κ1) is 21.8. The predicted octanol–water partition coefficient (Wildman–Crippen LogP) is 3.39. The van der Waals surface area contributed by atoms with Gasteiger partial charge in [0.2, 0.25) is 0 Å². The van der Waals surface area contributed by atoms with Gasteiger partial charge in [-0.2, -0.15) is 0 Å². The molecule has 0 saturated heterocycles. The number of urea groups is 1. The van der Waals surface area contributed by atoms with Gasteiger partial charge in [0.05, 0.1) is 16.8 Å². The zero-order valence-electron chi connectivity index (χ0n) is 17.2. The van der Waals surface area contributed by atoms with Crippen molar-refractivity contribution in [1.82, 2.24) is 15.6 Å². The number of benzene rings is 2. The van der Waals surface area contributed by atoms with Crippen LogP contribution in [-0.4, -0.2) is 40.6 Å². The molecule has 0 aliphatic heterocycles. The first-order chi connectivity index (χ1) is 14.9. The summed E-state index contributed by atoms with van der Waals surface area (Å²) in [5.41, 5.74) is 2.04. The van der Waals surface area contributed by atoms with Gasteiger partial charge >= 0.3 is 12.0 Å². The Labute approximate surface area is 179 Å². The highest BCUT2D eigenvalue weighted by atomic mass is 16.5. The number of esters is 1. The summed E-state index contributed by atoms with van der Waals surface area (Å²) in [5.74, 6) is -1.32. The maximum Gasteiger partial charge on any atom is 0.339 e. The van der Waals surface area contributed by atoms with E-state index in [4.69, 9.17) is 4.74 Å². The molecule has 31 heavy (non-hydrogen) atoms. The Kier molecular flexibility index (Phi) is 6.81. The lowest BCUT2D eigenvalue weighted by Crippen LogP contribution is -2.44. The number of nitrogens with zero attached hydrogens (tertiary/aromatic N) is 1. The van der Waals surface area contributed by atoms with Crippen molar-refractivity contribution in [1.29, 1.82) is 0 Å². The van der Waals surface area contributed by atoms with Crippen LogP contribution >= 0.6 is 0 Å². The summed E-state index contributed by atoms with van der Waals surface area (Å²) in [7, 11) is 0. The number of carbonyl (C=O) groups excluding carboxylic acids is 3. The number of phenols is 1. The Morgan fingerprint density at radius 3 is 2.52 bits per heavy atom. The fraction of sp³-hybridized carbons (Fsp3) is 0.217. The van der Waals surface area contributed by atoms with Crippen LogP contribution in [0.15, 0.2) is 54.6 Å². The van der Waals surface area contributed by atoms with E-state index in [2.05, 4.69) is 15.6 Å². The van der Waals surface area contributed by atoms with E-state index in [1.54, 1.807) is 42.5 Å². The van der Waals surface area contributed by atoms with Crippen molar-refractivity contribution in [2.75, 3.05) is 6.61 Å². The fourth-order valence-corrected chi connectivity index (χ4v) is 2.86. The minimum Gasteiger partial charge on any atom is -0.508 e. The van der Waals surface area contributed by atoms with E-state index in [0.29, 0.717) is 22.2 Å². The van der Waals surface area contributed by atoms with Gasteiger partial charge in [-0.25, -0.2) is 14.6 Å². The second kappa shape index (κ2) is 9.71. The molecule has 1 atom stereocenters. The van der Waals surface area contributed by atoms with Crippen molar-refractivity contribution >= 4 is 28.8 Å². The summed E-state index contributed by atoms with van der Waals surface area (Å²) >= 11 is 0. The summed E-state index contributed by atoms with van der Waals surface area (Å²) < 4.78 is 5.14. The Balaban J connectivity index is 1.78. The van der Waals surface area contributed by atoms with Gasteiger partial charge in [0.1, 0.15) is 5.75 Å². The molecule has 8 nitrogen and oxygen atoms in total. The molecule has 0 fully saturated rings. The van der Waals surface area contributed by atoms with Crippen LogP contribution in [0.5, 0.6) is 5.75 Å². The molecular formula is C23H23N3O5. The standard InChI is InChI=1S/C23H23N3O5/c1-3-14(2)24-23(30)26-21(28)13-31-22(29)18-12-20(15-8-10-16(27)11-9-15)25-19-7-5-4-6-17(18)19/h4-12,14,27H,3,13H2,1-2H3,(H2,24,26,28,30)/t14-/m0/s1. The number of imide groups is 1. The number of fused-ring (bicyclic) bond motifs is 1. The third-order valence-electron chi connectivity index (χ3n) is 4.68. The van der Waals surface area contributed by atoms with Gasteiger partial charge in [-0.05, 0) is 49.7 Å². The maximum absolute atomic E-state index is 12.7. The van der Waals surface area contributed by atoms with Gasteiger partial charge in [-0.3, -0.25) is 10.1 Å². The van der Waals surface area contributed by atoms with E-state index >= 15 is 0 Å². The molecule has 0 aliphatic carbocycles. The highest BCUT2D eigenvalue weighted by Crippen LogP contribution is 2.26. The number of pyridine rings is 1. The van der Waals surface area contributed by atoms with Gasteiger partial charge in [-0.15, -0.1) is 0 Å². The lowest BCUT2D eigenvalue weighted by molar-refractivity contribution is -0.123. The van der Waals surface area contributed by atoms with Gasteiger partial charge < -0.3 is 15.2 Å². The minimum atomic E-state index is -0.730. The number of aromatic hydroxyl groups is 1. The van der Waals surface area contributed by atoms with E-state index in [9.17, 15) is 19.5 Å². The Hall–Kier alpha value is -3.94. The average Bonchev–Trinajstić information content (AvgIpc) is 2.77. The largest absolute Gasteiger partial charge is 0.508 e. The second-order valence-corrected chi connectivity index (χ2v) is 7.03. The molecule has 0 bridgehead atoms. The minimum absolute atomic E-state index is 0.0862. The quantitative estimate of drug-likeness (QED) is 0.525. The van der Waals surface area contributed by atoms with Crippen LogP contribution < -0.4 is 10.6 Å². The van der Waals surface area contributed by atoms with Crippen LogP contribution in [0.4, 0.5) is 4.79 Å². The predicted molar refractivity (Wildman–Crippen MR) is 116 cm³/mol. The molecule has 0 radical (unpaired) electrons. The molecule has 0 unspecified atom stereocenters. The summed E-state index contributed by atoms with van der Waals surface area (Å²) in [6.45, 7) is 3.11. The number of nitrogens with one attached hydrogen (secondary N) is 2. The number of rotatable bonds is 6. The van der Waals surface area contributed by atoms with Crippen molar-refractivity contribution in [2.24, 2.45) is 0 Å². The molecule has 3 rings (SSSR count). The van der Waals surface area contributed by atoms with Crippen LogP contribution in [0.2, 0.25) is 0 Å². The molecule has 3 amide bonds. The number of carbonyl (C=O) groups is 3. The zero-order valence-corrected chi connectivity index (χ0v) is 17.2. The number of hydrogen-bond donors (Lipinski definition) is 3. The first-order valence-electron chi connectivity index (χ1n) is 9.84. The van der Waals surface area contributed by atoms with E-state index in [1.807, 2.05) is 13.8 Å². The number of para-hydroxylation sites is 1. The molecule has 1 aromatic heterocycles. The Morgan fingerprint density at radius 1 is 1.10 bits per heavy atom. The topological polar surface area (TPSA) is 118 Å². The van der Waals surface area contributed by atoms with Crippen molar-refractivity contribution in [3.8, 4) is 17.0 Å². The highest BCUT2D eigenvalue weighted by Gasteiger charge is 2.17. The van der Waals surface area contributed by atoms with E-state index in [-0.39, 0.29) is 17.4 Å². The Bertz CT molecular complexity index is 1110. The van der Waals surface area contributed by atoms with Crippen LogP contribution in [0.3, 0.4) is 0 Å². The molecule has 160 valence electrons. The molecule has 2 aromatic carbocycles. The SMILES string of the molecule is CC[C@H](C)NC(=O)NC(=O)COC(=O)c1cc(-c2ccc(O)cc2)nc2ccccc12. The molecule has 3 aromatic rings. The third-order valence-corrected chi connectivity index (χ3v) is 4.68. The second-order valence-electron chi connectivity index (χ2n) is 7.03. The maximum atomic E-state index is 12.7. The number of hydrogen-bond acceptors (Lipinski definition) is 6. The first-order valence-corrected chi connectivity index (χ1v) is 9.84. The summed E-state index contributed by atoms with van der Waals surface area (Å²) in [5, 5.41) is 14.8. The van der Waals surface area contributed by atoms with Crippen molar-refractivity contribution < 1.29 is 24.2 Å². The number of phenolic OH excluding ortho intramolecular Hbond substituents is 1. The molecule has 0 spiro atoms. The number of ether oxygens (including phenoxy) is 1. The van der Waals surface area contributed by atoms with Gasteiger partial charge in [0.25, 0.3) is 5.91 Å². The number of aromatic nitrogens is 1. The molecule has 1 heterocycles. The van der Waals surface area contributed by atoms with Crippen molar-refractivity contribution in [3.63, 3.8) is 0 Å². The van der Waals surface area contributed by atoms with E-state index < -0.39 is 24.5 Å². The molecule has 0 saturated carbocycles. The summed E-state index contributed by atoms with van der Waals surface area (Å²) in [4.78, 5) is 41.0. The van der Waals surface area contributed by atoms with E-state index in [0.717, 1.165) is 6.42 Å². The Morgan fingerprint density at radius 2 is 1.81 bits per heavy atom. The van der Waals surface area contributed by atoms with Crippen LogP contribution in [0.1, 0.15) is 30.6 Å². The van der Waals surface area contributed by atoms with Crippen LogP contribution in [0, 0.1) is 0 Å². The average molecular weight is 421 g/mol. The molecule has 8 heteroatoms. The van der Waals surface area contributed by atoms with Crippen LogP contribution in [0.25, 0.3) is 22.2 Å².